The normalized spacial score (nSPS) is 14.6. The molecular weight excluding hydrogens is 1600 g/mol. The third kappa shape index (κ3) is 32.9. The zero-order valence-corrected chi connectivity index (χ0v) is 57.6. The highest BCUT2D eigenvalue weighted by atomic mass is 127. The number of cyclic esters (lactones) is 2. The Balaban J connectivity index is 0.00000159. The molecule has 30 heteroatoms. The highest BCUT2D eigenvalue weighted by molar-refractivity contribution is 14.1. The molecule has 0 spiro atoms. The summed E-state index contributed by atoms with van der Waals surface area (Å²) in [5.41, 5.74) is -5.54. The number of carbonyl (C=O) groups is 11. The van der Waals surface area contributed by atoms with E-state index in [2.05, 4.69) is 32.1 Å². The Bertz CT molecular complexity index is 2410. The first-order chi connectivity index (χ1) is 40.9. The second-order valence-electron chi connectivity index (χ2n) is 19.7. The molecule has 484 valence electrons. The third-order valence-corrected chi connectivity index (χ3v) is 13.2. The van der Waals surface area contributed by atoms with Gasteiger partial charge in [-0.2, -0.15) is 0 Å². The van der Waals surface area contributed by atoms with Crippen molar-refractivity contribution >= 4 is 156 Å². The van der Waals surface area contributed by atoms with Crippen LogP contribution in [0.4, 0.5) is 14.4 Å². The average Bonchev–Trinajstić information content (AvgIpc) is 3.71. The maximum Gasteiger partial charge on any atom is 0.508 e. The Morgan fingerprint density at radius 2 is 0.826 bits per heavy atom. The summed E-state index contributed by atoms with van der Waals surface area (Å²) in [6.07, 6.45) is -2.87. The number of esters is 7. The van der Waals surface area contributed by atoms with E-state index in [4.69, 9.17) is 63.7 Å². The number of aliphatic hydroxyl groups is 2. The second kappa shape index (κ2) is 43.7. The van der Waals surface area contributed by atoms with Crippen molar-refractivity contribution < 1.29 is 126 Å². The van der Waals surface area contributed by atoms with Gasteiger partial charge in [-0.05, 0) is 45.7 Å². The molecule has 0 amide bonds. The number of halogens is 4. The van der Waals surface area contributed by atoms with Gasteiger partial charge in [0, 0.05) is 34.9 Å². The third-order valence-electron chi connectivity index (χ3n) is 11.2. The number of alkyl halides is 4. The van der Waals surface area contributed by atoms with Crippen molar-refractivity contribution in [3.8, 4) is 0 Å². The number of rotatable bonds is 31. The maximum absolute atomic E-state index is 13.3. The van der Waals surface area contributed by atoms with Crippen LogP contribution in [-0.4, -0.2) is 180 Å². The van der Waals surface area contributed by atoms with E-state index in [-0.39, 0.29) is 51.4 Å². The summed E-state index contributed by atoms with van der Waals surface area (Å²) in [5.74, 6) is -4.82. The van der Waals surface area contributed by atoms with E-state index in [1.54, 1.807) is 66.8 Å². The van der Waals surface area contributed by atoms with E-state index in [9.17, 15) is 52.7 Å². The Kier molecular flexibility index (Phi) is 40.1. The summed E-state index contributed by atoms with van der Waals surface area (Å²) < 4.78 is 73.4. The highest BCUT2D eigenvalue weighted by Gasteiger charge is 2.44. The number of ketones is 1. The quantitative estimate of drug-likeness (QED) is 0.0321. The molecule has 0 saturated carbocycles. The molecule has 3 unspecified atom stereocenters. The SMILES string of the molecule is CC(=O)OCC(C)(COC(=O)OCC(C)(COC(=O)OCC(C)(COC(C)=O)C(=O)OCCI)C(=O)OCc1ccccc1)C(=O)OCCI.CC(CO)(CO)C(=O)OCc1ccccc1.CC1(C(=O)OCCI)COC(=O)OC1.[3H]C(I)C(=O)CC. The number of Topliss-reactive ketones (excluding diaryl/α,β-unsaturated/α-hetero) is 1. The smallest absolute Gasteiger partial charge is 0.465 e. The van der Waals surface area contributed by atoms with Crippen LogP contribution in [0.3, 0.4) is 0 Å². The van der Waals surface area contributed by atoms with Crippen molar-refractivity contribution in [1.29, 1.82) is 0 Å². The number of carbonyl (C=O) groups excluding carboxylic acids is 11. The summed E-state index contributed by atoms with van der Waals surface area (Å²) >= 11 is 7.88. The number of ether oxygens (including phenoxy) is 13. The zero-order valence-electron chi connectivity index (χ0n) is 50.0. The summed E-state index contributed by atoms with van der Waals surface area (Å²) in [4.78, 5) is 131. The fourth-order valence-electron chi connectivity index (χ4n) is 5.56. The molecule has 0 aliphatic carbocycles. The Hall–Kier alpha value is -4.95. The summed E-state index contributed by atoms with van der Waals surface area (Å²) in [6, 6.07) is 17.9. The van der Waals surface area contributed by atoms with E-state index < -0.39 is 139 Å². The van der Waals surface area contributed by atoms with Gasteiger partial charge in [0.25, 0.3) is 0 Å². The molecule has 2 N–H and O–H groups in total. The number of aliphatic hydroxyl groups excluding tert-OH is 2. The summed E-state index contributed by atoms with van der Waals surface area (Å²) in [6.45, 7) is 7.27. The van der Waals surface area contributed by atoms with Crippen molar-refractivity contribution in [3.63, 3.8) is 0 Å². The highest BCUT2D eigenvalue weighted by Crippen LogP contribution is 2.27. The van der Waals surface area contributed by atoms with Crippen molar-refractivity contribution in [3.05, 3.63) is 71.8 Å². The molecular formula is C56H76I4O26. The Labute approximate surface area is 555 Å². The molecule has 0 aromatic heterocycles. The zero-order chi connectivity index (χ0) is 66.3. The van der Waals surface area contributed by atoms with Crippen LogP contribution < -0.4 is 0 Å². The molecule has 2 aromatic carbocycles. The molecule has 0 bridgehead atoms. The molecule has 1 heterocycles. The van der Waals surface area contributed by atoms with Crippen molar-refractivity contribution in [2.45, 2.75) is 75.0 Å². The molecule has 1 fully saturated rings. The molecule has 2 aromatic rings. The Morgan fingerprint density at radius 3 is 1.12 bits per heavy atom. The van der Waals surface area contributed by atoms with Crippen LogP contribution in [0.2, 0.25) is 0 Å². The van der Waals surface area contributed by atoms with Gasteiger partial charge < -0.3 is 71.8 Å². The number of benzene rings is 2. The van der Waals surface area contributed by atoms with Crippen LogP contribution in [-0.2, 0) is 113 Å². The van der Waals surface area contributed by atoms with E-state index >= 15 is 0 Å². The lowest BCUT2D eigenvalue weighted by Gasteiger charge is -2.29. The van der Waals surface area contributed by atoms with Crippen LogP contribution in [0.5, 0.6) is 0 Å². The van der Waals surface area contributed by atoms with Gasteiger partial charge in [-0.1, -0.05) is 158 Å². The molecule has 3 rings (SSSR count). The Morgan fingerprint density at radius 1 is 0.512 bits per heavy atom. The first-order valence-electron chi connectivity index (χ1n) is 26.5. The van der Waals surface area contributed by atoms with Crippen LogP contribution in [0.15, 0.2) is 60.7 Å². The summed E-state index contributed by atoms with van der Waals surface area (Å²) in [5, 5.41) is 18.0. The van der Waals surface area contributed by atoms with Gasteiger partial charge >= 0.3 is 60.3 Å². The van der Waals surface area contributed by atoms with Gasteiger partial charge in [-0.15, -0.1) is 0 Å². The predicted molar refractivity (Wildman–Crippen MR) is 336 cm³/mol. The van der Waals surface area contributed by atoms with Crippen LogP contribution in [0, 0.1) is 27.1 Å². The molecule has 0 radical (unpaired) electrons. The molecule has 26 nitrogen and oxygen atoms in total. The average molecular weight is 1670 g/mol. The molecule has 1 aliphatic rings. The van der Waals surface area contributed by atoms with Gasteiger partial charge in [0.2, 0.25) is 0 Å². The first kappa shape index (κ1) is 79.1. The lowest BCUT2D eigenvalue weighted by molar-refractivity contribution is -0.167. The topological polar surface area (TPSA) is 348 Å². The van der Waals surface area contributed by atoms with Crippen LogP contribution in [0.25, 0.3) is 0 Å². The molecule has 86 heavy (non-hydrogen) atoms. The minimum Gasteiger partial charge on any atom is -0.465 e. The van der Waals surface area contributed by atoms with E-state index in [0.717, 1.165) is 23.8 Å². The van der Waals surface area contributed by atoms with Crippen molar-refractivity contribution in [2.24, 2.45) is 27.1 Å². The fourth-order valence-corrected chi connectivity index (χ4v) is 6.66. The fraction of sp³-hybridized carbons (Fsp3) is 0.589. The number of hydrogen-bond donors (Lipinski definition) is 2. The van der Waals surface area contributed by atoms with Crippen LogP contribution in [0.1, 0.15) is 74.3 Å². The standard InChI is InChI=1S/C32H42I2O16.C12H16O4.C8H11IO5.C4H7IO/c1-22(35)45-16-30(3,25(37)42-13-11-33)18-47-28(40)49-20-32(5,27(39)44-15-24-9-7-6-8-10-24)21-50-29(41)48-19-31(4,17-46-23(2)36)26(38)43-14-12-34;1-12(8-13,9-14)11(15)16-7-10-5-3-2-4-6-10;1-8(6(10)12-3-2-9)4-13-7(11)14-5-8;1-2-4(6)3-5/h6-10H,11-21H2,1-5H3;2-6,13-14H,7-9H2,1H3;2-5H2,1H3;2-3H2,1H3/i;;;3T. The van der Waals surface area contributed by atoms with Gasteiger partial charge in [0.1, 0.15) is 119 Å². The number of hydrogen-bond acceptors (Lipinski definition) is 26. The van der Waals surface area contributed by atoms with Gasteiger partial charge in [-0.25, -0.2) is 14.4 Å². The van der Waals surface area contributed by atoms with Crippen molar-refractivity contribution in [2.75, 3.05) is 104 Å². The lowest BCUT2D eigenvalue weighted by Crippen LogP contribution is -2.44. The predicted octanol–water partition coefficient (Wildman–Crippen LogP) is 7.40. The largest absolute Gasteiger partial charge is 0.508 e. The second-order valence-corrected chi connectivity index (χ2v) is 23.5. The maximum atomic E-state index is 13.3. The minimum atomic E-state index is -1.81. The van der Waals surface area contributed by atoms with Gasteiger partial charge in [0.05, 0.1) is 17.6 Å². The monoisotopic (exact) mass is 1670 g/mol. The summed E-state index contributed by atoms with van der Waals surface area (Å²) in [7, 11) is 0. The minimum absolute atomic E-state index is 0.000556. The van der Waals surface area contributed by atoms with Crippen molar-refractivity contribution in [1.82, 2.24) is 0 Å². The molecule has 1 saturated heterocycles. The van der Waals surface area contributed by atoms with Gasteiger partial charge in [0.15, 0.2) is 0 Å². The first-order valence-corrected chi connectivity index (χ1v) is 31.8. The lowest BCUT2D eigenvalue weighted by atomic mass is 9.93. The van der Waals surface area contributed by atoms with Gasteiger partial charge in [-0.3, -0.25) is 38.4 Å². The van der Waals surface area contributed by atoms with Crippen LogP contribution >= 0.6 is 90.4 Å². The van der Waals surface area contributed by atoms with E-state index in [1.807, 2.05) is 75.5 Å². The molecule has 1 aliphatic heterocycles. The van der Waals surface area contributed by atoms with E-state index in [1.165, 1.54) is 27.7 Å². The van der Waals surface area contributed by atoms with E-state index in [0.29, 0.717) is 27.4 Å². The molecule has 3 atom stereocenters.